The minimum Gasteiger partial charge on any atom is -0.338 e. The van der Waals surface area contributed by atoms with Crippen LogP contribution in [-0.4, -0.2) is 49.7 Å². The van der Waals surface area contributed by atoms with Gasteiger partial charge in [0.15, 0.2) is 0 Å². The quantitative estimate of drug-likeness (QED) is 0.789. The summed E-state index contributed by atoms with van der Waals surface area (Å²) in [5.41, 5.74) is 3.13. The van der Waals surface area contributed by atoms with Gasteiger partial charge in [-0.1, -0.05) is 6.07 Å². The third kappa shape index (κ3) is 3.35. The van der Waals surface area contributed by atoms with Gasteiger partial charge in [-0.25, -0.2) is 9.78 Å². The van der Waals surface area contributed by atoms with Gasteiger partial charge in [0, 0.05) is 57.6 Å². The number of aromatic nitrogens is 4. The second-order valence-electron chi connectivity index (χ2n) is 6.56. The summed E-state index contributed by atoms with van der Waals surface area (Å²) in [7, 11) is 1.92. The third-order valence-electron chi connectivity index (χ3n) is 4.74. The fourth-order valence-electron chi connectivity index (χ4n) is 3.38. The van der Waals surface area contributed by atoms with Gasteiger partial charge in [0.1, 0.15) is 5.65 Å². The van der Waals surface area contributed by atoms with Gasteiger partial charge in [0.25, 0.3) is 0 Å². The van der Waals surface area contributed by atoms with E-state index < -0.39 is 0 Å². The predicted octanol–water partition coefficient (Wildman–Crippen LogP) is 1.81. The van der Waals surface area contributed by atoms with Gasteiger partial charge in [0.05, 0.1) is 11.9 Å². The van der Waals surface area contributed by atoms with Crippen LogP contribution in [-0.2, 0) is 13.5 Å². The van der Waals surface area contributed by atoms with Crippen molar-refractivity contribution in [1.82, 2.24) is 29.4 Å². The molecule has 4 rings (SSSR count). The molecule has 25 heavy (non-hydrogen) atoms. The number of urea groups is 1. The molecule has 1 N–H and O–H groups in total. The van der Waals surface area contributed by atoms with Crippen LogP contribution in [0.15, 0.2) is 43.0 Å². The number of carbonyl (C=O) groups is 1. The number of imidazole rings is 1. The van der Waals surface area contributed by atoms with Crippen molar-refractivity contribution in [3.05, 3.63) is 54.2 Å². The highest BCUT2D eigenvalue weighted by molar-refractivity contribution is 5.74. The number of amides is 2. The summed E-state index contributed by atoms with van der Waals surface area (Å²) in [5, 5.41) is 7.23. The molecule has 0 aliphatic carbocycles. The van der Waals surface area contributed by atoms with Gasteiger partial charge in [-0.15, -0.1) is 0 Å². The van der Waals surface area contributed by atoms with Crippen LogP contribution in [0.1, 0.15) is 23.6 Å². The van der Waals surface area contributed by atoms with Crippen LogP contribution in [0.4, 0.5) is 4.79 Å². The van der Waals surface area contributed by atoms with Crippen molar-refractivity contribution >= 4 is 11.7 Å². The molecule has 2 amide bonds. The van der Waals surface area contributed by atoms with Gasteiger partial charge in [-0.2, -0.15) is 5.10 Å². The Kier molecular flexibility index (Phi) is 4.13. The number of carbonyl (C=O) groups excluding carboxylic acids is 1. The number of hydrogen-bond acceptors (Lipinski definition) is 3. The van der Waals surface area contributed by atoms with E-state index in [2.05, 4.69) is 15.4 Å². The number of nitrogens with one attached hydrogen (secondary N) is 1. The first-order chi connectivity index (χ1) is 12.2. The zero-order valence-corrected chi connectivity index (χ0v) is 14.3. The highest BCUT2D eigenvalue weighted by Crippen LogP contribution is 2.26. The average Bonchev–Trinajstić information content (AvgIpc) is 3.32. The first-order valence-corrected chi connectivity index (χ1v) is 8.63. The first kappa shape index (κ1) is 15.7. The number of likely N-dealkylation sites (tertiary alicyclic amines) is 1. The van der Waals surface area contributed by atoms with E-state index in [1.54, 1.807) is 0 Å². The van der Waals surface area contributed by atoms with E-state index in [-0.39, 0.29) is 6.03 Å². The Balaban J connectivity index is 1.28. The normalized spacial score (nSPS) is 17.3. The standard InChI is InChI=1S/C18H22N6O/c1-22-11-15(10-20-22)14-6-9-24(12-14)18(25)19-7-5-16-13-23-8-3-2-4-17(23)21-16/h2-4,8,10-11,13-14H,5-7,9,12H2,1H3,(H,19,25). The summed E-state index contributed by atoms with van der Waals surface area (Å²) in [6, 6.07) is 5.94. The van der Waals surface area contributed by atoms with Crippen molar-refractivity contribution in [2.45, 2.75) is 18.8 Å². The van der Waals surface area contributed by atoms with Gasteiger partial charge in [0.2, 0.25) is 0 Å². The maximum Gasteiger partial charge on any atom is 0.317 e. The summed E-state index contributed by atoms with van der Waals surface area (Å²) in [6.45, 7) is 2.14. The van der Waals surface area contributed by atoms with E-state index >= 15 is 0 Å². The SMILES string of the molecule is Cn1cc(C2CCN(C(=O)NCCc3cn4ccccc4n3)C2)cn1. The van der Waals surface area contributed by atoms with Crippen LogP contribution in [0, 0.1) is 0 Å². The molecule has 0 bridgehead atoms. The van der Waals surface area contributed by atoms with Crippen molar-refractivity contribution in [2.75, 3.05) is 19.6 Å². The fraction of sp³-hybridized carbons (Fsp3) is 0.389. The molecule has 1 aliphatic rings. The Hall–Kier alpha value is -2.83. The highest BCUT2D eigenvalue weighted by Gasteiger charge is 2.27. The lowest BCUT2D eigenvalue weighted by atomic mass is 10.0. The van der Waals surface area contributed by atoms with Gasteiger partial charge in [-0.05, 0) is 24.1 Å². The zero-order chi connectivity index (χ0) is 17.2. The number of hydrogen-bond donors (Lipinski definition) is 1. The number of pyridine rings is 1. The van der Waals surface area contributed by atoms with E-state index in [1.807, 2.05) is 64.0 Å². The summed E-state index contributed by atoms with van der Waals surface area (Å²) >= 11 is 0. The molecule has 1 saturated heterocycles. The van der Waals surface area contributed by atoms with Crippen molar-refractivity contribution in [3.63, 3.8) is 0 Å². The van der Waals surface area contributed by atoms with E-state index in [0.717, 1.165) is 37.3 Å². The van der Waals surface area contributed by atoms with Gasteiger partial charge in [-0.3, -0.25) is 4.68 Å². The van der Waals surface area contributed by atoms with E-state index in [0.29, 0.717) is 12.5 Å². The van der Waals surface area contributed by atoms with Crippen LogP contribution < -0.4 is 5.32 Å². The number of aryl methyl sites for hydroxylation is 1. The molecule has 1 aliphatic heterocycles. The van der Waals surface area contributed by atoms with E-state index in [1.165, 1.54) is 5.56 Å². The molecular weight excluding hydrogens is 316 g/mol. The van der Waals surface area contributed by atoms with E-state index in [9.17, 15) is 4.79 Å². The first-order valence-electron chi connectivity index (χ1n) is 8.63. The van der Waals surface area contributed by atoms with Crippen LogP contribution in [0.2, 0.25) is 0 Å². The lowest BCUT2D eigenvalue weighted by Crippen LogP contribution is -2.39. The fourth-order valence-corrected chi connectivity index (χ4v) is 3.38. The molecule has 4 heterocycles. The molecule has 1 atom stereocenters. The zero-order valence-electron chi connectivity index (χ0n) is 14.3. The number of rotatable bonds is 4. The molecular formula is C18H22N6O. The topological polar surface area (TPSA) is 67.5 Å². The minimum atomic E-state index is 0.00940. The van der Waals surface area contributed by atoms with Gasteiger partial charge < -0.3 is 14.6 Å². The summed E-state index contributed by atoms with van der Waals surface area (Å²) in [4.78, 5) is 18.8. The second-order valence-corrected chi connectivity index (χ2v) is 6.56. The van der Waals surface area contributed by atoms with Crippen LogP contribution in [0.3, 0.4) is 0 Å². The third-order valence-corrected chi connectivity index (χ3v) is 4.74. The number of fused-ring (bicyclic) bond motifs is 1. The Labute approximate surface area is 146 Å². The lowest BCUT2D eigenvalue weighted by Gasteiger charge is -2.17. The molecule has 1 unspecified atom stereocenters. The molecule has 1 fully saturated rings. The molecule has 3 aromatic heterocycles. The van der Waals surface area contributed by atoms with E-state index in [4.69, 9.17) is 0 Å². The summed E-state index contributed by atoms with van der Waals surface area (Å²) in [6.07, 6.45) is 9.65. The Bertz CT molecular complexity index is 849. The average molecular weight is 338 g/mol. The lowest BCUT2D eigenvalue weighted by molar-refractivity contribution is 0.208. The van der Waals surface area contributed by atoms with Crippen LogP contribution in [0.25, 0.3) is 5.65 Å². The van der Waals surface area contributed by atoms with Crippen molar-refractivity contribution in [3.8, 4) is 0 Å². The molecule has 0 spiro atoms. The van der Waals surface area contributed by atoms with Gasteiger partial charge >= 0.3 is 6.03 Å². The molecule has 3 aromatic rings. The molecule has 0 radical (unpaired) electrons. The molecule has 0 aromatic carbocycles. The Morgan fingerprint density at radius 3 is 3.08 bits per heavy atom. The van der Waals surface area contributed by atoms with Crippen LogP contribution in [0.5, 0.6) is 0 Å². The second kappa shape index (κ2) is 6.58. The van der Waals surface area contributed by atoms with Crippen molar-refractivity contribution < 1.29 is 4.79 Å². The maximum atomic E-state index is 12.4. The minimum absolute atomic E-state index is 0.00940. The summed E-state index contributed by atoms with van der Waals surface area (Å²) < 4.78 is 3.81. The Morgan fingerprint density at radius 2 is 2.28 bits per heavy atom. The Morgan fingerprint density at radius 1 is 1.36 bits per heavy atom. The largest absolute Gasteiger partial charge is 0.338 e. The molecule has 7 heteroatoms. The maximum absolute atomic E-state index is 12.4. The predicted molar refractivity (Wildman–Crippen MR) is 94.4 cm³/mol. The molecule has 7 nitrogen and oxygen atoms in total. The van der Waals surface area contributed by atoms with Crippen molar-refractivity contribution in [1.29, 1.82) is 0 Å². The molecule has 0 saturated carbocycles. The van der Waals surface area contributed by atoms with Crippen molar-refractivity contribution in [2.24, 2.45) is 7.05 Å². The molecule has 130 valence electrons. The monoisotopic (exact) mass is 338 g/mol. The number of nitrogens with zero attached hydrogens (tertiary/aromatic N) is 5. The smallest absolute Gasteiger partial charge is 0.317 e. The van der Waals surface area contributed by atoms with Crippen LogP contribution >= 0.6 is 0 Å². The highest BCUT2D eigenvalue weighted by atomic mass is 16.2. The summed E-state index contributed by atoms with van der Waals surface area (Å²) in [5.74, 6) is 0.387.